The Labute approximate surface area is 219 Å². The molecule has 8 heteroatoms. The molecule has 0 radical (unpaired) electrons. The Morgan fingerprint density at radius 2 is 1.89 bits per heavy atom. The van der Waals surface area contributed by atoms with Crippen molar-refractivity contribution in [3.63, 3.8) is 0 Å². The van der Waals surface area contributed by atoms with Gasteiger partial charge in [0.1, 0.15) is 6.61 Å². The maximum atomic E-state index is 13.7. The Balaban J connectivity index is 1.82. The lowest BCUT2D eigenvalue weighted by Gasteiger charge is -2.37. The lowest BCUT2D eigenvalue weighted by atomic mass is 9.71. The quantitative estimate of drug-likeness (QED) is 0.345. The van der Waals surface area contributed by atoms with E-state index < -0.39 is 11.9 Å². The van der Waals surface area contributed by atoms with Crippen LogP contribution in [0.4, 0.5) is 0 Å². The summed E-state index contributed by atoms with van der Waals surface area (Å²) in [5.41, 5.74) is 4.10. The van der Waals surface area contributed by atoms with Gasteiger partial charge in [0, 0.05) is 36.4 Å². The van der Waals surface area contributed by atoms with Gasteiger partial charge in [0.2, 0.25) is 0 Å². The van der Waals surface area contributed by atoms with E-state index in [-0.39, 0.29) is 36.4 Å². The molecule has 0 amide bonds. The number of carbonyl (C=O) groups is 2. The van der Waals surface area contributed by atoms with Crippen LogP contribution in [0.25, 0.3) is 0 Å². The molecule has 2 atom stereocenters. The summed E-state index contributed by atoms with van der Waals surface area (Å²) in [6, 6.07) is 13.4. The number of ether oxygens (including phenoxy) is 3. The highest BCUT2D eigenvalue weighted by Crippen LogP contribution is 2.48. The highest BCUT2D eigenvalue weighted by atomic mass is 79.9. The number of allylic oxidation sites excluding steroid dienone is 3. The largest absolute Gasteiger partial charge is 0.503 e. The number of hydrogen-bond acceptors (Lipinski definition) is 7. The van der Waals surface area contributed by atoms with Gasteiger partial charge < -0.3 is 24.6 Å². The molecule has 0 unspecified atom stereocenters. The Morgan fingerprint density at radius 1 is 1.14 bits per heavy atom. The fraction of sp³-hybridized carbons (Fsp3) is 0.357. The summed E-state index contributed by atoms with van der Waals surface area (Å²) in [6.07, 6.45) is 0.978. The molecule has 0 saturated carbocycles. The molecular weight excluding hydrogens is 526 g/mol. The van der Waals surface area contributed by atoms with Crippen LogP contribution in [0.15, 0.2) is 69.5 Å². The highest BCUT2D eigenvalue weighted by Gasteiger charge is 2.42. The molecule has 2 aromatic rings. The van der Waals surface area contributed by atoms with E-state index in [1.807, 2.05) is 44.2 Å². The predicted molar refractivity (Wildman–Crippen MR) is 139 cm³/mol. The number of esters is 1. The summed E-state index contributed by atoms with van der Waals surface area (Å²) in [5, 5.41) is 13.8. The van der Waals surface area contributed by atoms with Crippen LogP contribution in [0.3, 0.4) is 0 Å². The van der Waals surface area contributed by atoms with E-state index in [4.69, 9.17) is 14.2 Å². The van der Waals surface area contributed by atoms with Crippen molar-refractivity contribution in [1.82, 2.24) is 5.32 Å². The van der Waals surface area contributed by atoms with Crippen LogP contribution in [-0.2, 0) is 19.1 Å². The van der Waals surface area contributed by atoms with Gasteiger partial charge >= 0.3 is 5.97 Å². The van der Waals surface area contributed by atoms with Gasteiger partial charge in [0.25, 0.3) is 0 Å². The van der Waals surface area contributed by atoms with Crippen LogP contribution < -0.4 is 10.1 Å². The Bertz CT molecular complexity index is 1220. The number of dihydropyridines is 1. The van der Waals surface area contributed by atoms with Gasteiger partial charge in [-0.2, -0.15) is 0 Å². The van der Waals surface area contributed by atoms with Gasteiger partial charge in [-0.1, -0.05) is 30.3 Å². The number of benzene rings is 2. The molecule has 1 heterocycles. The molecule has 2 aromatic carbocycles. The second-order valence-electron chi connectivity index (χ2n) is 8.84. The summed E-state index contributed by atoms with van der Waals surface area (Å²) in [4.78, 5) is 27.0. The van der Waals surface area contributed by atoms with Gasteiger partial charge in [-0.25, -0.2) is 4.79 Å². The third-order valence-electron chi connectivity index (χ3n) is 6.52. The van der Waals surface area contributed by atoms with Crippen molar-refractivity contribution < 1.29 is 28.9 Å². The van der Waals surface area contributed by atoms with Crippen molar-refractivity contribution in [3.05, 3.63) is 80.6 Å². The van der Waals surface area contributed by atoms with Crippen LogP contribution in [0.5, 0.6) is 11.5 Å². The third-order valence-corrected chi connectivity index (χ3v) is 7.13. The minimum atomic E-state index is -0.670. The highest BCUT2D eigenvalue weighted by molar-refractivity contribution is 9.10. The summed E-state index contributed by atoms with van der Waals surface area (Å²) in [6.45, 7) is 4.35. The normalized spacial score (nSPS) is 19.6. The Kier molecular flexibility index (Phi) is 8.16. The number of Topliss-reactive ketones (excluding diaryl/α,β-unsaturated/α-hetero) is 1. The topological polar surface area (TPSA) is 94.1 Å². The zero-order valence-corrected chi connectivity index (χ0v) is 22.2. The smallest absolute Gasteiger partial charge is 0.336 e. The van der Waals surface area contributed by atoms with Gasteiger partial charge in [-0.15, -0.1) is 0 Å². The van der Waals surface area contributed by atoms with Crippen molar-refractivity contribution >= 4 is 27.7 Å². The molecule has 7 nitrogen and oxygen atoms in total. The minimum absolute atomic E-state index is 0.0283. The van der Waals surface area contributed by atoms with Gasteiger partial charge in [-0.3, -0.25) is 4.79 Å². The minimum Gasteiger partial charge on any atom is -0.503 e. The van der Waals surface area contributed by atoms with E-state index >= 15 is 0 Å². The lowest BCUT2D eigenvalue weighted by molar-refractivity contribution is -0.140. The van der Waals surface area contributed by atoms with Gasteiger partial charge in [0.05, 0.1) is 23.3 Å². The molecule has 1 aliphatic carbocycles. The molecule has 0 bridgehead atoms. The van der Waals surface area contributed by atoms with Crippen molar-refractivity contribution in [2.45, 2.75) is 38.5 Å². The SMILES string of the molecule is CCOc1cc([C@H]2C(C(=O)OCCOC)=C(C)NC3=C2C(=O)C[C@H](c2ccccc2)C3)cc(Br)c1O. The average molecular weight is 556 g/mol. The summed E-state index contributed by atoms with van der Waals surface area (Å²) < 4.78 is 16.6. The number of aromatic hydroxyl groups is 1. The standard InChI is InChI=1S/C28H30BrNO6/c1-4-35-23-15-19(12-20(29)27(23)32)25-24(28(33)36-11-10-34-3)16(2)30-21-13-18(14-22(31)26(21)25)17-8-6-5-7-9-17/h5-9,12,15,18,25,30,32H,4,10-11,13-14H2,1-3H3/t18-,25+/m1/s1. The fourth-order valence-electron chi connectivity index (χ4n) is 4.93. The summed E-state index contributed by atoms with van der Waals surface area (Å²) in [7, 11) is 1.54. The predicted octanol–water partition coefficient (Wildman–Crippen LogP) is 5.10. The molecule has 0 fully saturated rings. The van der Waals surface area contributed by atoms with Gasteiger partial charge in [-0.05, 0) is 65.4 Å². The number of nitrogens with one attached hydrogen (secondary N) is 1. The van der Waals surface area contributed by atoms with Crippen LogP contribution in [0.1, 0.15) is 49.7 Å². The first-order chi connectivity index (χ1) is 17.3. The van der Waals surface area contributed by atoms with Crippen LogP contribution in [-0.4, -0.2) is 43.8 Å². The molecule has 36 heavy (non-hydrogen) atoms. The molecule has 190 valence electrons. The number of rotatable bonds is 8. The molecule has 2 aliphatic rings. The first-order valence-electron chi connectivity index (χ1n) is 12.0. The Hall–Kier alpha value is -3.10. The third kappa shape index (κ3) is 5.20. The lowest BCUT2D eigenvalue weighted by Crippen LogP contribution is -2.36. The number of phenolic OH excluding ortho intramolecular Hbond substituents is 1. The number of phenols is 1. The van der Waals surface area contributed by atoms with Crippen LogP contribution >= 0.6 is 15.9 Å². The first-order valence-corrected chi connectivity index (χ1v) is 12.7. The molecule has 2 N–H and O–H groups in total. The number of ketones is 1. The number of carbonyl (C=O) groups excluding carboxylic acids is 2. The molecule has 0 saturated heterocycles. The number of hydrogen-bond donors (Lipinski definition) is 2. The zero-order valence-electron chi connectivity index (χ0n) is 20.6. The van der Waals surface area contributed by atoms with E-state index in [1.165, 1.54) is 7.11 Å². The van der Waals surface area contributed by atoms with Crippen LogP contribution in [0, 0.1) is 0 Å². The van der Waals surface area contributed by atoms with E-state index in [0.717, 1.165) is 11.3 Å². The average Bonchev–Trinajstić information content (AvgIpc) is 2.86. The molecule has 1 aliphatic heterocycles. The zero-order chi connectivity index (χ0) is 25.8. The first kappa shape index (κ1) is 26.0. The molecule has 4 rings (SSSR count). The molecule has 0 spiro atoms. The van der Waals surface area contributed by atoms with Crippen molar-refractivity contribution in [2.24, 2.45) is 0 Å². The summed E-state index contributed by atoms with van der Waals surface area (Å²) in [5.74, 6) is -0.936. The van der Waals surface area contributed by atoms with E-state index in [2.05, 4.69) is 21.2 Å². The maximum absolute atomic E-state index is 13.7. The van der Waals surface area contributed by atoms with E-state index in [1.54, 1.807) is 12.1 Å². The maximum Gasteiger partial charge on any atom is 0.336 e. The number of halogens is 1. The fourth-order valence-corrected chi connectivity index (χ4v) is 5.38. The number of methoxy groups -OCH3 is 1. The second kappa shape index (κ2) is 11.3. The van der Waals surface area contributed by atoms with Crippen LogP contribution in [0.2, 0.25) is 0 Å². The van der Waals surface area contributed by atoms with E-state index in [9.17, 15) is 14.7 Å². The summed E-state index contributed by atoms with van der Waals surface area (Å²) >= 11 is 3.40. The van der Waals surface area contributed by atoms with Crippen molar-refractivity contribution in [1.29, 1.82) is 0 Å². The monoisotopic (exact) mass is 555 g/mol. The van der Waals surface area contributed by atoms with Crippen molar-refractivity contribution in [2.75, 3.05) is 26.9 Å². The molecule has 0 aromatic heterocycles. The molecular formula is C28H30BrNO6. The van der Waals surface area contributed by atoms with Crippen molar-refractivity contribution in [3.8, 4) is 11.5 Å². The second-order valence-corrected chi connectivity index (χ2v) is 9.69. The van der Waals surface area contributed by atoms with E-state index in [0.29, 0.717) is 46.3 Å². The Morgan fingerprint density at radius 3 is 2.58 bits per heavy atom. The van der Waals surface area contributed by atoms with Gasteiger partial charge in [0.15, 0.2) is 17.3 Å².